The van der Waals surface area contributed by atoms with E-state index >= 15 is 0 Å². The quantitative estimate of drug-likeness (QED) is 0.784. The highest BCUT2D eigenvalue weighted by Crippen LogP contribution is 2.26. The summed E-state index contributed by atoms with van der Waals surface area (Å²) in [6, 6.07) is 9.73. The van der Waals surface area contributed by atoms with Crippen LogP contribution in [-0.4, -0.2) is 11.1 Å². The molecule has 0 spiro atoms. The van der Waals surface area contributed by atoms with Crippen molar-refractivity contribution in [2.45, 2.75) is 27.2 Å². The van der Waals surface area contributed by atoms with Gasteiger partial charge < -0.3 is 5.11 Å². The Morgan fingerprint density at radius 3 is 2.19 bits per heavy atom. The summed E-state index contributed by atoms with van der Waals surface area (Å²) in [7, 11) is 0. The predicted octanol–water partition coefficient (Wildman–Crippen LogP) is 3.59. The number of benzene rings is 1. The van der Waals surface area contributed by atoms with Gasteiger partial charge in [-0.2, -0.15) is 0 Å². The minimum atomic E-state index is -0.810. The van der Waals surface area contributed by atoms with Crippen molar-refractivity contribution in [3.05, 3.63) is 41.5 Å². The molecule has 1 rings (SSSR count). The minimum Gasteiger partial charge on any atom is -0.478 e. The first kappa shape index (κ1) is 12.5. The van der Waals surface area contributed by atoms with Gasteiger partial charge in [-0.3, -0.25) is 0 Å². The van der Waals surface area contributed by atoms with Gasteiger partial charge in [0, 0.05) is 5.57 Å². The average Bonchev–Trinajstić information content (AvgIpc) is 2.25. The Morgan fingerprint density at radius 2 is 1.81 bits per heavy atom. The van der Waals surface area contributed by atoms with E-state index in [9.17, 15) is 9.90 Å². The first-order valence-electron chi connectivity index (χ1n) is 5.59. The van der Waals surface area contributed by atoms with Crippen LogP contribution in [0.1, 0.15) is 32.8 Å². The molecule has 0 saturated heterocycles. The van der Waals surface area contributed by atoms with E-state index in [1.54, 1.807) is 0 Å². The third-order valence-corrected chi connectivity index (χ3v) is 2.61. The zero-order valence-electron chi connectivity index (χ0n) is 10.0. The van der Waals surface area contributed by atoms with Crippen molar-refractivity contribution in [3.8, 4) is 0 Å². The maximum atomic E-state index is 11.3. The lowest BCUT2D eigenvalue weighted by atomic mass is 9.91. The Labute approximate surface area is 96.6 Å². The van der Waals surface area contributed by atoms with Crippen molar-refractivity contribution in [3.63, 3.8) is 0 Å². The van der Waals surface area contributed by atoms with Gasteiger partial charge in [-0.15, -0.1) is 0 Å². The van der Waals surface area contributed by atoms with Crippen molar-refractivity contribution in [2.24, 2.45) is 5.92 Å². The maximum Gasteiger partial charge on any atom is 0.332 e. The fraction of sp³-hybridized carbons (Fsp3) is 0.357. The Balaban J connectivity index is 3.32. The number of rotatable bonds is 4. The molecule has 86 valence electrons. The van der Waals surface area contributed by atoms with Crippen LogP contribution in [-0.2, 0) is 4.79 Å². The summed E-state index contributed by atoms with van der Waals surface area (Å²) in [4.78, 5) is 11.3. The van der Waals surface area contributed by atoms with Crippen molar-refractivity contribution in [1.82, 2.24) is 0 Å². The highest BCUT2D eigenvalue weighted by Gasteiger charge is 2.17. The van der Waals surface area contributed by atoms with Gasteiger partial charge in [0.25, 0.3) is 0 Å². The normalized spacial score (nSPS) is 12.5. The van der Waals surface area contributed by atoms with Crippen LogP contribution in [0.3, 0.4) is 0 Å². The monoisotopic (exact) mass is 218 g/mol. The van der Waals surface area contributed by atoms with E-state index in [1.165, 1.54) is 0 Å². The van der Waals surface area contributed by atoms with Gasteiger partial charge in [-0.05, 0) is 23.5 Å². The van der Waals surface area contributed by atoms with Crippen LogP contribution in [0.4, 0.5) is 0 Å². The first-order valence-corrected chi connectivity index (χ1v) is 5.59. The van der Waals surface area contributed by atoms with Gasteiger partial charge in [0.05, 0.1) is 0 Å². The molecule has 0 fully saturated rings. The lowest BCUT2D eigenvalue weighted by molar-refractivity contribution is -0.133. The van der Waals surface area contributed by atoms with Crippen LogP contribution in [0.2, 0.25) is 0 Å². The molecule has 1 N–H and O–H groups in total. The summed E-state index contributed by atoms with van der Waals surface area (Å²) in [5.74, 6) is -0.775. The standard InChI is InChI=1S/C14H18O2/c1-4-12(11-8-6-5-7-9-11)13(10(2)3)14(15)16/h5-10H,4H2,1-3H3,(H,15,16). The van der Waals surface area contributed by atoms with Crippen LogP contribution in [0.5, 0.6) is 0 Å². The number of carbonyl (C=O) groups is 1. The van der Waals surface area contributed by atoms with E-state index in [0.29, 0.717) is 5.57 Å². The molecule has 0 saturated carbocycles. The van der Waals surface area contributed by atoms with Crippen LogP contribution in [0.15, 0.2) is 35.9 Å². The molecular formula is C14H18O2. The second kappa shape index (κ2) is 5.50. The van der Waals surface area contributed by atoms with Crippen molar-refractivity contribution in [1.29, 1.82) is 0 Å². The molecule has 0 unspecified atom stereocenters. The Hall–Kier alpha value is -1.57. The fourth-order valence-electron chi connectivity index (χ4n) is 1.91. The third kappa shape index (κ3) is 2.72. The van der Waals surface area contributed by atoms with Gasteiger partial charge >= 0.3 is 5.97 Å². The van der Waals surface area contributed by atoms with Gasteiger partial charge in [0.2, 0.25) is 0 Å². The van der Waals surface area contributed by atoms with Gasteiger partial charge in [-0.1, -0.05) is 51.1 Å². The number of carboxylic acid groups (broad SMARTS) is 1. The van der Waals surface area contributed by atoms with Crippen LogP contribution in [0.25, 0.3) is 5.57 Å². The average molecular weight is 218 g/mol. The highest BCUT2D eigenvalue weighted by molar-refractivity contribution is 5.96. The topological polar surface area (TPSA) is 37.3 Å². The minimum absolute atomic E-state index is 0.0349. The van der Waals surface area contributed by atoms with Crippen LogP contribution in [0, 0.1) is 5.92 Å². The predicted molar refractivity (Wildman–Crippen MR) is 66.1 cm³/mol. The molecule has 1 aromatic rings. The lowest BCUT2D eigenvalue weighted by Gasteiger charge is -2.14. The highest BCUT2D eigenvalue weighted by atomic mass is 16.4. The molecule has 0 aromatic heterocycles. The molecule has 16 heavy (non-hydrogen) atoms. The summed E-state index contributed by atoms with van der Waals surface area (Å²) < 4.78 is 0. The summed E-state index contributed by atoms with van der Waals surface area (Å²) in [6.45, 7) is 5.83. The Bertz CT molecular complexity index is 388. The first-order chi connectivity index (χ1) is 7.57. The molecule has 0 amide bonds. The van der Waals surface area contributed by atoms with E-state index in [0.717, 1.165) is 17.6 Å². The summed E-state index contributed by atoms with van der Waals surface area (Å²) in [6.07, 6.45) is 0.740. The van der Waals surface area contributed by atoms with Crippen LogP contribution >= 0.6 is 0 Å². The zero-order chi connectivity index (χ0) is 12.1. The molecule has 0 aliphatic rings. The molecule has 0 bridgehead atoms. The Morgan fingerprint density at radius 1 is 1.25 bits per heavy atom. The smallest absolute Gasteiger partial charge is 0.332 e. The summed E-state index contributed by atoms with van der Waals surface area (Å²) in [5, 5.41) is 9.25. The summed E-state index contributed by atoms with van der Waals surface area (Å²) in [5.41, 5.74) is 2.47. The molecule has 1 aromatic carbocycles. The molecule has 0 heterocycles. The number of allylic oxidation sites excluding steroid dienone is 1. The molecular weight excluding hydrogens is 200 g/mol. The zero-order valence-corrected chi connectivity index (χ0v) is 10.0. The molecule has 0 atom stereocenters. The van der Waals surface area contributed by atoms with Gasteiger partial charge in [0.15, 0.2) is 0 Å². The SMILES string of the molecule is CCC(=C(C(=O)O)C(C)C)c1ccccc1. The number of hydrogen-bond donors (Lipinski definition) is 1. The number of carboxylic acids is 1. The Kier molecular flexibility index (Phi) is 4.29. The lowest BCUT2D eigenvalue weighted by Crippen LogP contribution is -2.10. The largest absolute Gasteiger partial charge is 0.478 e. The third-order valence-electron chi connectivity index (χ3n) is 2.61. The van der Waals surface area contributed by atoms with E-state index in [4.69, 9.17) is 0 Å². The molecule has 0 aliphatic heterocycles. The van der Waals surface area contributed by atoms with Crippen molar-refractivity contribution < 1.29 is 9.90 Å². The second-order valence-electron chi connectivity index (χ2n) is 4.07. The summed E-state index contributed by atoms with van der Waals surface area (Å²) >= 11 is 0. The van der Waals surface area contributed by atoms with E-state index < -0.39 is 5.97 Å². The maximum absolute atomic E-state index is 11.3. The number of aliphatic carboxylic acids is 1. The molecule has 0 radical (unpaired) electrons. The molecule has 0 aliphatic carbocycles. The van der Waals surface area contributed by atoms with E-state index in [2.05, 4.69) is 0 Å². The van der Waals surface area contributed by atoms with Crippen molar-refractivity contribution >= 4 is 11.5 Å². The fourth-order valence-corrected chi connectivity index (χ4v) is 1.91. The van der Waals surface area contributed by atoms with E-state index in [-0.39, 0.29) is 5.92 Å². The molecule has 2 heteroatoms. The number of hydrogen-bond acceptors (Lipinski definition) is 1. The van der Waals surface area contributed by atoms with E-state index in [1.807, 2.05) is 51.1 Å². The van der Waals surface area contributed by atoms with Gasteiger partial charge in [-0.25, -0.2) is 4.79 Å². The van der Waals surface area contributed by atoms with Gasteiger partial charge in [0.1, 0.15) is 0 Å². The molecule has 2 nitrogen and oxygen atoms in total. The van der Waals surface area contributed by atoms with Crippen LogP contribution < -0.4 is 0 Å². The van der Waals surface area contributed by atoms with Crippen molar-refractivity contribution in [2.75, 3.05) is 0 Å². The second-order valence-corrected chi connectivity index (χ2v) is 4.07.